The largest absolute Gasteiger partial charge is 0.372 e. The predicted molar refractivity (Wildman–Crippen MR) is 67.0 cm³/mol. The molecule has 1 aromatic carbocycles. The van der Waals surface area contributed by atoms with Crippen LogP contribution in [0.1, 0.15) is 25.0 Å². The summed E-state index contributed by atoms with van der Waals surface area (Å²) in [5.74, 6) is 0. The summed E-state index contributed by atoms with van der Waals surface area (Å²) in [6, 6.07) is 6.33. The minimum absolute atomic E-state index is 0.597. The second kappa shape index (κ2) is 5.76. The van der Waals surface area contributed by atoms with E-state index in [2.05, 4.69) is 43.9 Å². The number of hydrogen-bond donors (Lipinski definition) is 1. The van der Waals surface area contributed by atoms with Gasteiger partial charge >= 0.3 is 0 Å². The Morgan fingerprint density at radius 1 is 1.27 bits per heavy atom. The third-order valence-corrected chi connectivity index (χ3v) is 2.82. The van der Waals surface area contributed by atoms with Crippen LogP contribution in [0, 0.1) is 6.92 Å². The maximum Gasteiger partial charge on any atom is 0.0401 e. The summed E-state index contributed by atoms with van der Waals surface area (Å²) in [4.78, 5) is 2.35. The van der Waals surface area contributed by atoms with Gasteiger partial charge in [-0.05, 0) is 44.4 Å². The number of hydrogen-bond acceptors (Lipinski definition) is 2. The molecule has 0 aliphatic rings. The monoisotopic (exact) mass is 205 g/mol. The van der Waals surface area contributed by atoms with Crippen LogP contribution in [-0.2, 0) is 13.0 Å². The second-order valence-electron chi connectivity index (χ2n) is 3.54. The van der Waals surface area contributed by atoms with Crippen LogP contribution >= 0.6 is 0 Å². The van der Waals surface area contributed by atoms with Crippen LogP contribution in [0.5, 0.6) is 0 Å². The molecule has 1 aromatic rings. The van der Waals surface area contributed by atoms with E-state index in [0.29, 0.717) is 6.54 Å². The van der Waals surface area contributed by atoms with E-state index >= 15 is 0 Å². The normalized spacial score (nSPS) is 10.4. The van der Waals surface area contributed by atoms with Gasteiger partial charge in [0.2, 0.25) is 0 Å². The van der Waals surface area contributed by atoms with Crippen molar-refractivity contribution in [3.63, 3.8) is 0 Å². The van der Waals surface area contributed by atoms with E-state index < -0.39 is 0 Å². The molecule has 1 rings (SSSR count). The summed E-state index contributed by atoms with van der Waals surface area (Å²) in [6.45, 7) is 11.0. The summed E-state index contributed by atoms with van der Waals surface area (Å²) in [7, 11) is 0. The van der Waals surface area contributed by atoms with Crippen LogP contribution in [0.3, 0.4) is 0 Å². The van der Waals surface area contributed by atoms with Gasteiger partial charge in [0.1, 0.15) is 0 Å². The van der Waals surface area contributed by atoms with Gasteiger partial charge in [-0.15, -0.1) is 0 Å². The zero-order valence-corrected chi connectivity index (χ0v) is 9.79. The minimum Gasteiger partial charge on any atom is -0.372 e. The van der Waals surface area contributed by atoms with Crippen molar-refractivity contribution >= 4 is 5.69 Å². The lowest BCUT2D eigenvalue weighted by Gasteiger charge is -2.25. The lowest BCUT2D eigenvalue weighted by Crippen LogP contribution is -2.23. The lowest BCUT2D eigenvalue weighted by atomic mass is 10.0. The minimum atomic E-state index is 0.597. The van der Waals surface area contributed by atoms with E-state index in [1.54, 1.807) is 0 Å². The Labute approximate surface area is 93.1 Å². The molecule has 2 heteroatoms. The van der Waals surface area contributed by atoms with Gasteiger partial charge in [-0.1, -0.05) is 12.1 Å². The molecule has 0 bridgehead atoms. The summed E-state index contributed by atoms with van der Waals surface area (Å²) in [5, 5.41) is 0. The number of benzene rings is 1. The first kappa shape index (κ1) is 12.1. The Morgan fingerprint density at radius 2 is 1.93 bits per heavy atom. The smallest absolute Gasteiger partial charge is 0.0401 e. The fourth-order valence-corrected chi connectivity index (χ4v) is 1.96. The Morgan fingerprint density at radius 3 is 2.40 bits per heavy atom. The fourth-order valence-electron chi connectivity index (χ4n) is 1.96. The highest BCUT2D eigenvalue weighted by molar-refractivity contribution is 5.57. The highest BCUT2D eigenvalue weighted by Crippen LogP contribution is 2.24. The molecule has 83 valence electrons. The van der Waals surface area contributed by atoms with E-state index in [0.717, 1.165) is 19.5 Å². The topological polar surface area (TPSA) is 29.3 Å². The van der Waals surface area contributed by atoms with Gasteiger partial charge in [-0.25, -0.2) is 0 Å². The number of nitrogens with two attached hydrogens (primary N) is 1. The Hall–Kier alpha value is -1.02. The van der Waals surface area contributed by atoms with Crippen LogP contribution in [0.2, 0.25) is 0 Å². The van der Waals surface area contributed by atoms with Gasteiger partial charge in [0.25, 0.3) is 0 Å². The Kier molecular flexibility index (Phi) is 4.63. The van der Waals surface area contributed by atoms with Crippen LogP contribution in [0.15, 0.2) is 18.2 Å². The lowest BCUT2D eigenvalue weighted by molar-refractivity contribution is 0.854. The molecular weight excluding hydrogens is 184 g/mol. The first-order chi connectivity index (χ1) is 7.28. The van der Waals surface area contributed by atoms with Gasteiger partial charge in [0, 0.05) is 25.3 Å². The predicted octanol–water partition coefficient (Wildman–Crippen LogP) is 2.37. The van der Waals surface area contributed by atoms with Crippen molar-refractivity contribution in [2.75, 3.05) is 18.0 Å². The van der Waals surface area contributed by atoms with Crippen molar-refractivity contribution < 1.29 is 0 Å². The third kappa shape index (κ3) is 2.51. The SMILES string of the molecule is [CH2]Cc1c(CN)cccc1N(CC)CC. The summed E-state index contributed by atoms with van der Waals surface area (Å²) < 4.78 is 0. The van der Waals surface area contributed by atoms with Gasteiger partial charge in [-0.2, -0.15) is 0 Å². The molecule has 2 nitrogen and oxygen atoms in total. The summed E-state index contributed by atoms with van der Waals surface area (Å²) in [6.07, 6.45) is 0.805. The molecule has 0 saturated heterocycles. The second-order valence-corrected chi connectivity index (χ2v) is 3.54. The van der Waals surface area contributed by atoms with Crippen molar-refractivity contribution in [2.24, 2.45) is 5.73 Å². The maximum atomic E-state index is 5.73. The van der Waals surface area contributed by atoms with Crippen molar-refractivity contribution in [3.05, 3.63) is 36.2 Å². The van der Waals surface area contributed by atoms with E-state index in [-0.39, 0.29) is 0 Å². The van der Waals surface area contributed by atoms with E-state index in [1.807, 2.05) is 0 Å². The van der Waals surface area contributed by atoms with Gasteiger partial charge in [-0.3, -0.25) is 0 Å². The molecule has 0 fully saturated rings. The van der Waals surface area contributed by atoms with E-state index in [9.17, 15) is 0 Å². The van der Waals surface area contributed by atoms with Crippen molar-refractivity contribution in [1.82, 2.24) is 0 Å². The molecule has 1 radical (unpaired) electrons. The third-order valence-electron chi connectivity index (χ3n) is 2.82. The molecule has 0 spiro atoms. The van der Waals surface area contributed by atoms with Gasteiger partial charge in [0.05, 0.1) is 0 Å². The molecule has 0 aromatic heterocycles. The van der Waals surface area contributed by atoms with Crippen molar-refractivity contribution in [1.29, 1.82) is 0 Å². The van der Waals surface area contributed by atoms with Crippen LogP contribution in [0.25, 0.3) is 0 Å². The highest BCUT2D eigenvalue weighted by Gasteiger charge is 2.09. The van der Waals surface area contributed by atoms with Gasteiger partial charge in [0.15, 0.2) is 0 Å². The summed E-state index contributed by atoms with van der Waals surface area (Å²) >= 11 is 0. The molecule has 0 aliphatic carbocycles. The number of anilines is 1. The maximum absolute atomic E-state index is 5.73. The molecule has 0 amide bonds. The molecular formula is C13H21N2. The Balaban J connectivity index is 3.15. The fraction of sp³-hybridized carbons (Fsp3) is 0.462. The molecule has 0 atom stereocenters. The Bertz CT molecular complexity index is 303. The van der Waals surface area contributed by atoms with Gasteiger partial charge < -0.3 is 10.6 Å². The molecule has 0 aliphatic heterocycles. The molecule has 0 heterocycles. The zero-order valence-electron chi connectivity index (χ0n) is 9.79. The molecule has 0 saturated carbocycles. The first-order valence-electron chi connectivity index (χ1n) is 5.63. The molecule has 15 heavy (non-hydrogen) atoms. The quantitative estimate of drug-likeness (QED) is 0.799. The van der Waals surface area contributed by atoms with Crippen LogP contribution < -0.4 is 10.6 Å². The first-order valence-corrected chi connectivity index (χ1v) is 5.63. The van der Waals surface area contributed by atoms with Crippen LogP contribution in [0.4, 0.5) is 5.69 Å². The standard InChI is InChI=1S/C13H21N2/c1-4-12-11(10-14)8-7-9-13(12)15(5-2)6-3/h7-9H,1,4-6,10,14H2,2-3H3. The van der Waals surface area contributed by atoms with E-state index in [1.165, 1.54) is 16.8 Å². The molecule has 0 unspecified atom stereocenters. The van der Waals surface area contributed by atoms with Crippen LogP contribution in [-0.4, -0.2) is 13.1 Å². The molecule has 2 N–H and O–H groups in total. The number of rotatable bonds is 5. The summed E-state index contributed by atoms with van der Waals surface area (Å²) in [5.41, 5.74) is 9.53. The average molecular weight is 205 g/mol. The average Bonchev–Trinajstić information content (AvgIpc) is 2.30. The van der Waals surface area contributed by atoms with Crippen molar-refractivity contribution in [2.45, 2.75) is 26.8 Å². The number of nitrogens with zero attached hydrogens (tertiary/aromatic N) is 1. The van der Waals surface area contributed by atoms with Crippen molar-refractivity contribution in [3.8, 4) is 0 Å². The highest BCUT2D eigenvalue weighted by atomic mass is 15.1. The zero-order chi connectivity index (χ0) is 11.3. The van der Waals surface area contributed by atoms with E-state index in [4.69, 9.17) is 5.73 Å².